The molecule has 3 rings (SSSR count). The van der Waals surface area contributed by atoms with E-state index in [1.54, 1.807) is 42.0 Å². The highest BCUT2D eigenvalue weighted by atomic mass is 16.5. The van der Waals surface area contributed by atoms with Crippen LogP contribution in [0.25, 0.3) is 17.3 Å². The Kier molecular flexibility index (Phi) is 7.87. The molecule has 3 aromatic rings. The lowest BCUT2D eigenvalue weighted by atomic mass is 10.0. The van der Waals surface area contributed by atoms with Crippen molar-refractivity contribution in [3.63, 3.8) is 0 Å². The minimum atomic E-state index is -0.647. The van der Waals surface area contributed by atoms with Crippen LogP contribution >= 0.6 is 0 Å². The van der Waals surface area contributed by atoms with Crippen molar-refractivity contribution >= 4 is 29.6 Å². The summed E-state index contributed by atoms with van der Waals surface area (Å²) in [6, 6.07) is 14.4. The van der Waals surface area contributed by atoms with Gasteiger partial charge in [0.2, 0.25) is 5.91 Å². The molecule has 0 spiro atoms. The van der Waals surface area contributed by atoms with Crippen LogP contribution in [-0.2, 0) is 21.3 Å². The number of anilines is 1. The highest BCUT2D eigenvalue weighted by molar-refractivity contribution is 6.08. The first-order chi connectivity index (χ1) is 16.4. The van der Waals surface area contributed by atoms with Crippen molar-refractivity contribution in [3.05, 3.63) is 77.5 Å². The fourth-order valence-electron chi connectivity index (χ4n) is 3.51. The number of amides is 1. The Morgan fingerprint density at radius 2 is 1.65 bits per heavy atom. The van der Waals surface area contributed by atoms with Gasteiger partial charge >= 0.3 is 11.9 Å². The molecule has 176 valence electrons. The molecule has 0 saturated heterocycles. The normalized spacial score (nSPS) is 10.7. The fourth-order valence-corrected chi connectivity index (χ4v) is 3.51. The van der Waals surface area contributed by atoms with Gasteiger partial charge in [-0.1, -0.05) is 30.3 Å². The number of benzene rings is 2. The number of hydrogen-bond donors (Lipinski definition) is 1. The number of hydrogen-bond acceptors (Lipinski definition) is 6. The number of methoxy groups -OCH3 is 2. The fraction of sp³-hybridized carbons (Fsp3) is 0.192. The third-order valence-electron chi connectivity index (χ3n) is 5.04. The predicted octanol–water partition coefficient (Wildman–Crippen LogP) is 4.32. The van der Waals surface area contributed by atoms with Crippen LogP contribution in [0.4, 0.5) is 5.69 Å². The Hall–Kier alpha value is -4.33. The van der Waals surface area contributed by atoms with Crippen LogP contribution in [0.2, 0.25) is 0 Å². The minimum absolute atomic E-state index is 0.113. The van der Waals surface area contributed by atoms with Crippen molar-refractivity contribution in [3.8, 4) is 17.0 Å². The molecule has 0 unspecified atom stereocenters. The smallest absolute Gasteiger partial charge is 0.340 e. The molecule has 8 nitrogen and oxygen atoms in total. The van der Waals surface area contributed by atoms with E-state index in [1.807, 2.05) is 31.2 Å². The summed E-state index contributed by atoms with van der Waals surface area (Å²) in [6.07, 6.45) is 4.64. The lowest BCUT2D eigenvalue weighted by molar-refractivity contribution is -0.111. The van der Waals surface area contributed by atoms with Gasteiger partial charge in [0.15, 0.2) is 0 Å². The lowest BCUT2D eigenvalue weighted by Crippen LogP contribution is -2.10. The van der Waals surface area contributed by atoms with Gasteiger partial charge < -0.3 is 24.1 Å². The summed E-state index contributed by atoms with van der Waals surface area (Å²) in [5, 5.41) is 2.80. The van der Waals surface area contributed by atoms with Gasteiger partial charge in [0.1, 0.15) is 5.75 Å². The summed E-state index contributed by atoms with van der Waals surface area (Å²) in [6.45, 7) is 2.43. The summed E-state index contributed by atoms with van der Waals surface area (Å²) in [7, 11) is 4.21. The molecule has 34 heavy (non-hydrogen) atoms. The maximum absolute atomic E-state index is 12.4. The molecule has 0 saturated carbocycles. The van der Waals surface area contributed by atoms with Crippen molar-refractivity contribution in [2.24, 2.45) is 7.05 Å². The molecule has 0 aliphatic heterocycles. The first-order valence-electron chi connectivity index (χ1n) is 10.6. The van der Waals surface area contributed by atoms with Crippen LogP contribution in [-0.4, -0.2) is 43.2 Å². The second-order valence-corrected chi connectivity index (χ2v) is 7.23. The van der Waals surface area contributed by atoms with Gasteiger partial charge in [-0.2, -0.15) is 0 Å². The molecular weight excluding hydrogens is 436 g/mol. The molecule has 0 fully saturated rings. The molecular formula is C26H26N2O6. The molecule has 0 aliphatic carbocycles. The first-order valence-corrected chi connectivity index (χ1v) is 10.6. The number of nitrogens with zero attached hydrogens (tertiary/aromatic N) is 1. The average molecular weight is 463 g/mol. The second-order valence-electron chi connectivity index (χ2n) is 7.23. The molecule has 0 bridgehead atoms. The Bertz CT molecular complexity index is 1220. The van der Waals surface area contributed by atoms with Crippen molar-refractivity contribution in [2.45, 2.75) is 6.92 Å². The number of nitrogens with one attached hydrogen (secondary N) is 1. The van der Waals surface area contributed by atoms with Crippen LogP contribution in [0.15, 0.2) is 60.8 Å². The average Bonchev–Trinajstić information content (AvgIpc) is 3.20. The van der Waals surface area contributed by atoms with Crippen molar-refractivity contribution in [1.82, 2.24) is 4.57 Å². The summed E-state index contributed by atoms with van der Waals surface area (Å²) in [5.74, 6) is -0.885. The third-order valence-corrected chi connectivity index (χ3v) is 5.04. The predicted molar refractivity (Wildman–Crippen MR) is 129 cm³/mol. The van der Waals surface area contributed by atoms with Crippen LogP contribution in [0.3, 0.4) is 0 Å². The van der Waals surface area contributed by atoms with Crippen LogP contribution in [0, 0.1) is 0 Å². The Labute approximate surface area is 197 Å². The summed E-state index contributed by atoms with van der Waals surface area (Å²) < 4.78 is 16.9. The molecule has 1 N–H and O–H groups in total. The molecule has 8 heteroatoms. The highest BCUT2D eigenvalue weighted by Gasteiger charge is 2.27. The molecule has 2 aromatic carbocycles. The second kappa shape index (κ2) is 11.0. The standard InChI is InChI=1S/C26H26N2O6/c1-5-34-21-9-7-6-8-17(21)12-15-22(29)27-19-13-10-18(11-14-19)24-23(26(31)33-4)20(16-28(24)2)25(30)32-3/h6-16H,5H2,1-4H3,(H,27,29)/b15-12+. The third kappa shape index (κ3) is 5.35. The van der Waals surface area contributed by atoms with Gasteiger partial charge in [-0.15, -0.1) is 0 Å². The number of carbonyl (C=O) groups excluding carboxylic acids is 3. The quantitative estimate of drug-likeness (QED) is 0.396. The molecule has 1 amide bonds. The van der Waals surface area contributed by atoms with Gasteiger partial charge in [-0.25, -0.2) is 9.59 Å². The zero-order valence-corrected chi connectivity index (χ0v) is 19.5. The van der Waals surface area contributed by atoms with E-state index in [0.29, 0.717) is 29.3 Å². The highest BCUT2D eigenvalue weighted by Crippen LogP contribution is 2.30. The molecule has 0 atom stereocenters. The number of ether oxygens (including phenoxy) is 3. The van der Waals surface area contributed by atoms with Gasteiger partial charge in [-0.05, 0) is 36.8 Å². The first kappa shape index (κ1) is 24.3. The number of para-hydroxylation sites is 1. The number of aromatic nitrogens is 1. The van der Waals surface area contributed by atoms with Gasteiger partial charge in [0.25, 0.3) is 0 Å². The van der Waals surface area contributed by atoms with Crippen molar-refractivity contribution in [1.29, 1.82) is 0 Å². The number of esters is 2. The van der Waals surface area contributed by atoms with E-state index in [-0.39, 0.29) is 17.0 Å². The van der Waals surface area contributed by atoms with E-state index in [4.69, 9.17) is 14.2 Å². The molecule has 1 heterocycles. The van der Waals surface area contributed by atoms with Gasteiger partial charge in [-0.3, -0.25) is 4.79 Å². The molecule has 0 radical (unpaired) electrons. The van der Waals surface area contributed by atoms with Gasteiger partial charge in [0, 0.05) is 30.6 Å². The Balaban J connectivity index is 1.81. The number of rotatable bonds is 8. The van der Waals surface area contributed by atoms with Crippen LogP contribution in [0.5, 0.6) is 5.75 Å². The van der Waals surface area contributed by atoms with Crippen molar-refractivity contribution < 1.29 is 28.6 Å². The zero-order valence-electron chi connectivity index (χ0n) is 19.5. The van der Waals surface area contributed by atoms with Crippen LogP contribution in [0.1, 0.15) is 33.2 Å². The summed E-state index contributed by atoms with van der Waals surface area (Å²) >= 11 is 0. The lowest BCUT2D eigenvalue weighted by Gasteiger charge is -2.09. The molecule has 1 aromatic heterocycles. The minimum Gasteiger partial charge on any atom is -0.493 e. The largest absolute Gasteiger partial charge is 0.493 e. The summed E-state index contributed by atoms with van der Waals surface area (Å²) in [4.78, 5) is 37.0. The zero-order chi connectivity index (χ0) is 24.7. The molecule has 0 aliphatic rings. The Morgan fingerprint density at radius 3 is 2.29 bits per heavy atom. The van der Waals surface area contributed by atoms with Crippen LogP contribution < -0.4 is 10.1 Å². The van der Waals surface area contributed by atoms with E-state index < -0.39 is 11.9 Å². The SMILES string of the molecule is CCOc1ccccc1/C=C/C(=O)Nc1ccc(-c2c(C(=O)OC)c(C(=O)OC)cn2C)cc1. The maximum Gasteiger partial charge on any atom is 0.340 e. The van der Waals surface area contributed by atoms with E-state index in [9.17, 15) is 14.4 Å². The Morgan fingerprint density at radius 1 is 0.971 bits per heavy atom. The van der Waals surface area contributed by atoms with E-state index in [0.717, 1.165) is 5.56 Å². The van der Waals surface area contributed by atoms with Gasteiger partial charge in [0.05, 0.1) is 37.6 Å². The van der Waals surface area contributed by atoms with E-state index in [2.05, 4.69) is 5.32 Å². The van der Waals surface area contributed by atoms with E-state index in [1.165, 1.54) is 26.5 Å². The topological polar surface area (TPSA) is 95.9 Å². The monoisotopic (exact) mass is 462 g/mol. The maximum atomic E-state index is 12.4. The van der Waals surface area contributed by atoms with E-state index >= 15 is 0 Å². The van der Waals surface area contributed by atoms with Crippen molar-refractivity contribution in [2.75, 3.05) is 26.1 Å². The summed E-state index contributed by atoms with van der Waals surface area (Å²) in [5.41, 5.74) is 2.76. The number of aryl methyl sites for hydroxylation is 1. The number of carbonyl (C=O) groups is 3.